The normalized spacial score (nSPS) is 10.7. The summed E-state index contributed by atoms with van der Waals surface area (Å²) >= 11 is 5.96. The second-order valence-corrected chi connectivity index (χ2v) is 6.52. The zero-order chi connectivity index (χ0) is 16.2. The van der Waals surface area contributed by atoms with Crippen LogP contribution in [0.25, 0.3) is 0 Å². The van der Waals surface area contributed by atoms with E-state index in [1.807, 2.05) is 25.1 Å². The van der Waals surface area contributed by atoms with Crippen LogP contribution in [0.1, 0.15) is 76.7 Å². The summed E-state index contributed by atoms with van der Waals surface area (Å²) in [5, 5.41) is 3.61. The van der Waals surface area contributed by atoms with Crippen LogP contribution in [0.15, 0.2) is 18.2 Å². The summed E-state index contributed by atoms with van der Waals surface area (Å²) in [6.07, 6.45) is 12.0. The number of nitrogens with one attached hydrogen (secondary N) is 1. The van der Waals surface area contributed by atoms with Crippen LogP contribution in [-0.4, -0.2) is 5.91 Å². The lowest BCUT2D eigenvalue weighted by Crippen LogP contribution is -2.12. The number of carbonyl (C=O) groups is 1. The van der Waals surface area contributed by atoms with Crippen LogP contribution < -0.4 is 5.32 Å². The van der Waals surface area contributed by atoms with Gasteiger partial charge in [0, 0.05) is 17.1 Å². The van der Waals surface area contributed by atoms with Crippen molar-refractivity contribution in [3.05, 3.63) is 28.8 Å². The molecule has 0 saturated carbocycles. The Morgan fingerprint density at radius 1 is 1.00 bits per heavy atom. The second kappa shape index (κ2) is 11.5. The van der Waals surface area contributed by atoms with Crippen molar-refractivity contribution >= 4 is 23.2 Å². The molecular formula is C19H30ClNO. The minimum Gasteiger partial charge on any atom is -0.326 e. The van der Waals surface area contributed by atoms with E-state index < -0.39 is 0 Å². The maximum absolute atomic E-state index is 11.9. The van der Waals surface area contributed by atoms with Crippen molar-refractivity contribution in [1.29, 1.82) is 0 Å². The molecule has 124 valence electrons. The van der Waals surface area contributed by atoms with Gasteiger partial charge in [0.2, 0.25) is 5.91 Å². The van der Waals surface area contributed by atoms with Crippen LogP contribution >= 0.6 is 11.6 Å². The van der Waals surface area contributed by atoms with Crippen LogP contribution in [0.4, 0.5) is 5.69 Å². The molecule has 0 aliphatic heterocycles. The predicted octanol–water partition coefficient (Wildman–Crippen LogP) is 6.51. The molecule has 1 amide bonds. The lowest BCUT2D eigenvalue weighted by molar-refractivity contribution is -0.116. The molecule has 0 aromatic heterocycles. The number of aryl methyl sites for hydroxylation is 1. The average molecular weight is 324 g/mol. The number of benzene rings is 1. The Bertz CT molecular complexity index is 445. The minimum absolute atomic E-state index is 0.0910. The Morgan fingerprint density at radius 2 is 1.59 bits per heavy atom. The highest BCUT2D eigenvalue weighted by atomic mass is 35.5. The van der Waals surface area contributed by atoms with Crippen molar-refractivity contribution in [3.8, 4) is 0 Å². The van der Waals surface area contributed by atoms with Crippen molar-refractivity contribution < 1.29 is 4.79 Å². The van der Waals surface area contributed by atoms with Gasteiger partial charge in [-0.2, -0.15) is 0 Å². The fourth-order valence-corrected chi connectivity index (χ4v) is 2.71. The smallest absolute Gasteiger partial charge is 0.224 e. The molecule has 0 spiro atoms. The number of halogens is 1. The molecule has 0 heterocycles. The van der Waals surface area contributed by atoms with E-state index in [1.54, 1.807) is 0 Å². The Morgan fingerprint density at radius 3 is 2.23 bits per heavy atom. The number of hydrogen-bond donors (Lipinski definition) is 1. The summed E-state index contributed by atoms with van der Waals surface area (Å²) in [6, 6.07) is 5.58. The SMILES string of the molecule is CCCCCCCCCCCC(=O)Nc1cc(Cl)ccc1C. The van der Waals surface area contributed by atoms with Gasteiger partial charge in [-0.15, -0.1) is 0 Å². The van der Waals surface area contributed by atoms with Gasteiger partial charge in [0.1, 0.15) is 0 Å². The molecule has 0 saturated heterocycles. The van der Waals surface area contributed by atoms with Gasteiger partial charge in [-0.05, 0) is 31.0 Å². The van der Waals surface area contributed by atoms with Gasteiger partial charge >= 0.3 is 0 Å². The summed E-state index contributed by atoms with van der Waals surface area (Å²) in [5.41, 5.74) is 1.87. The van der Waals surface area contributed by atoms with Crippen LogP contribution in [0, 0.1) is 6.92 Å². The van der Waals surface area contributed by atoms with Gasteiger partial charge in [-0.3, -0.25) is 4.79 Å². The third kappa shape index (κ3) is 8.43. The monoisotopic (exact) mass is 323 g/mol. The Kier molecular flexibility index (Phi) is 9.98. The standard InChI is InChI=1S/C19H30ClNO/c1-3-4-5-6-7-8-9-10-11-12-19(22)21-18-15-17(20)14-13-16(18)2/h13-15H,3-12H2,1-2H3,(H,21,22). The highest BCUT2D eigenvalue weighted by Gasteiger charge is 2.05. The minimum atomic E-state index is 0.0910. The predicted molar refractivity (Wildman–Crippen MR) is 96.7 cm³/mol. The highest BCUT2D eigenvalue weighted by molar-refractivity contribution is 6.31. The van der Waals surface area contributed by atoms with E-state index in [0.717, 1.165) is 24.1 Å². The lowest BCUT2D eigenvalue weighted by atomic mass is 10.1. The van der Waals surface area contributed by atoms with Gasteiger partial charge in [-0.1, -0.05) is 76.0 Å². The number of anilines is 1. The topological polar surface area (TPSA) is 29.1 Å². The van der Waals surface area contributed by atoms with E-state index in [2.05, 4.69) is 12.2 Å². The molecule has 0 unspecified atom stereocenters. The number of unbranched alkanes of at least 4 members (excludes halogenated alkanes) is 8. The van der Waals surface area contributed by atoms with Crippen molar-refractivity contribution in [3.63, 3.8) is 0 Å². The quantitative estimate of drug-likeness (QED) is 0.462. The van der Waals surface area contributed by atoms with Crippen LogP contribution in [0.3, 0.4) is 0 Å². The molecular weight excluding hydrogens is 294 g/mol. The van der Waals surface area contributed by atoms with E-state index in [9.17, 15) is 4.79 Å². The zero-order valence-electron chi connectivity index (χ0n) is 14.1. The lowest BCUT2D eigenvalue weighted by Gasteiger charge is -2.08. The van der Waals surface area contributed by atoms with Gasteiger partial charge in [0.15, 0.2) is 0 Å². The van der Waals surface area contributed by atoms with Crippen molar-refractivity contribution in [2.24, 2.45) is 0 Å². The number of rotatable bonds is 11. The Labute approximate surface area is 140 Å². The molecule has 1 aromatic carbocycles. The largest absolute Gasteiger partial charge is 0.326 e. The molecule has 1 aromatic rings. The molecule has 1 N–H and O–H groups in total. The molecule has 0 atom stereocenters. The molecule has 1 rings (SSSR count). The molecule has 0 radical (unpaired) electrons. The average Bonchev–Trinajstić information content (AvgIpc) is 2.49. The van der Waals surface area contributed by atoms with Gasteiger partial charge in [-0.25, -0.2) is 0 Å². The first-order valence-corrected chi connectivity index (χ1v) is 9.07. The summed E-state index contributed by atoms with van der Waals surface area (Å²) in [4.78, 5) is 11.9. The molecule has 3 heteroatoms. The first-order chi connectivity index (χ1) is 10.6. The molecule has 0 aliphatic rings. The second-order valence-electron chi connectivity index (χ2n) is 6.09. The molecule has 0 fully saturated rings. The van der Waals surface area contributed by atoms with Gasteiger partial charge in [0.05, 0.1) is 0 Å². The van der Waals surface area contributed by atoms with Crippen LogP contribution in [0.5, 0.6) is 0 Å². The third-order valence-corrected chi connectivity index (χ3v) is 4.22. The highest BCUT2D eigenvalue weighted by Crippen LogP contribution is 2.20. The third-order valence-electron chi connectivity index (χ3n) is 3.98. The van der Waals surface area contributed by atoms with Crippen molar-refractivity contribution in [1.82, 2.24) is 0 Å². The Hall–Kier alpha value is -1.02. The zero-order valence-corrected chi connectivity index (χ0v) is 14.8. The van der Waals surface area contributed by atoms with E-state index >= 15 is 0 Å². The first kappa shape index (κ1) is 19.0. The number of carbonyl (C=O) groups excluding carboxylic acids is 1. The summed E-state index contributed by atoms with van der Waals surface area (Å²) in [6.45, 7) is 4.22. The van der Waals surface area contributed by atoms with Crippen molar-refractivity contribution in [2.45, 2.75) is 78.1 Å². The van der Waals surface area contributed by atoms with Crippen LogP contribution in [-0.2, 0) is 4.79 Å². The van der Waals surface area contributed by atoms with Crippen LogP contribution in [0.2, 0.25) is 5.02 Å². The number of amides is 1. The van der Waals surface area contributed by atoms with E-state index in [0.29, 0.717) is 11.4 Å². The van der Waals surface area contributed by atoms with Gasteiger partial charge in [0.25, 0.3) is 0 Å². The maximum Gasteiger partial charge on any atom is 0.224 e. The number of hydrogen-bond acceptors (Lipinski definition) is 1. The molecule has 0 aliphatic carbocycles. The van der Waals surface area contributed by atoms with E-state index in [4.69, 9.17) is 11.6 Å². The first-order valence-electron chi connectivity index (χ1n) is 8.69. The Balaban J connectivity index is 2.07. The maximum atomic E-state index is 11.9. The fraction of sp³-hybridized carbons (Fsp3) is 0.632. The molecule has 22 heavy (non-hydrogen) atoms. The molecule has 0 bridgehead atoms. The summed E-state index contributed by atoms with van der Waals surface area (Å²) in [5.74, 6) is 0.0910. The van der Waals surface area contributed by atoms with E-state index in [1.165, 1.54) is 44.9 Å². The van der Waals surface area contributed by atoms with Gasteiger partial charge < -0.3 is 5.32 Å². The summed E-state index contributed by atoms with van der Waals surface area (Å²) < 4.78 is 0. The van der Waals surface area contributed by atoms with E-state index in [-0.39, 0.29) is 5.91 Å². The summed E-state index contributed by atoms with van der Waals surface area (Å²) in [7, 11) is 0. The van der Waals surface area contributed by atoms with Crippen molar-refractivity contribution in [2.75, 3.05) is 5.32 Å². The molecule has 2 nitrogen and oxygen atoms in total. The fourth-order valence-electron chi connectivity index (χ4n) is 2.54.